The number of hydrogen-bond donors (Lipinski definition) is 2. The van der Waals surface area contributed by atoms with E-state index >= 15 is 0 Å². The molecule has 2 N–H and O–H groups in total. The lowest BCUT2D eigenvalue weighted by atomic mass is 10.0. The third-order valence-corrected chi connectivity index (χ3v) is 2.69. The molecule has 5 nitrogen and oxygen atoms in total. The summed E-state index contributed by atoms with van der Waals surface area (Å²) in [4.78, 5) is 16.4. The summed E-state index contributed by atoms with van der Waals surface area (Å²) in [6.45, 7) is 0.128. The van der Waals surface area contributed by atoms with Gasteiger partial charge in [-0.15, -0.1) is 0 Å². The Morgan fingerprint density at radius 1 is 1.14 bits per heavy atom. The smallest absolute Gasteiger partial charge is 0.213 e. The molecule has 0 atom stereocenters. The average molecular weight is 287 g/mol. The third-order valence-electron chi connectivity index (χ3n) is 2.69. The molecule has 0 amide bonds. The van der Waals surface area contributed by atoms with Crippen molar-refractivity contribution in [3.05, 3.63) is 65.7 Å². The molecule has 0 saturated heterocycles. The first-order valence-corrected chi connectivity index (χ1v) is 6.34. The first kappa shape index (κ1) is 14.8. The molecule has 0 saturated carbocycles. The molecule has 0 aliphatic heterocycles. The quantitative estimate of drug-likeness (QED) is 0.364. The number of halogens is 1. The molecule has 2 rings (SSSR count). The van der Waals surface area contributed by atoms with Crippen LogP contribution in [0.25, 0.3) is 0 Å². The van der Waals surface area contributed by atoms with Crippen LogP contribution in [-0.2, 0) is 0 Å². The Labute approximate surface area is 121 Å². The van der Waals surface area contributed by atoms with Gasteiger partial charge in [-0.3, -0.25) is 9.78 Å². The van der Waals surface area contributed by atoms with Gasteiger partial charge in [-0.2, -0.15) is 5.10 Å². The first-order valence-electron chi connectivity index (χ1n) is 6.34. The van der Waals surface area contributed by atoms with Crippen LogP contribution in [0.1, 0.15) is 15.9 Å². The molecule has 1 heterocycles. The van der Waals surface area contributed by atoms with Crippen molar-refractivity contribution in [2.24, 2.45) is 5.10 Å². The van der Waals surface area contributed by atoms with Gasteiger partial charge >= 0.3 is 0 Å². The molecule has 0 bridgehead atoms. The summed E-state index contributed by atoms with van der Waals surface area (Å²) in [7, 11) is 0. The van der Waals surface area contributed by atoms with Crippen molar-refractivity contribution in [1.82, 2.24) is 10.4 Å². The summed E-state index contributed by atoms with van der Waals surface area (Å²) in [5, 5.41) is 12.8. The van der Waals surface area contributed by atoms with Gasteiger partial charge in [0.25, 0.3) is 0 Å². The highest BCUT2D eigenvalue weighted by molar-refractivity contribution is 6.51. The molecular formula is C15H14FN3O2. The number of nitrogens with one attached hydrogen (secondary N) is 1. The predicted octanol–water partition coefficient (Wildman–Crippen LogP) is 1.39. The largest absolute Gasteiger partial charge is 0.394 e. The van der Waals surface area contributed by atoms with Gasteiger partial charge in [-0.25, -0.2) is 4.39 Å². The lowest BCUT2D eigenvalue weighted by Gasteiger charge is -2.07. The summed E-state index contributed by atoms with van der Waals surface area (Å²) in [6.07, 6.45) is 3.10. The molecule has 1 aromatic carbocycles. The van der Waals surface area contributed by atoms with Crippen molar-refractivity contribution in [3.8, 4) is 0 Å². The van der Waals surface area contributed by atoms with Gasteiger partial charge in [0.15, 0.2) is 0 Å². The maximum Gasteiger partial charge on any atom is 0.213 e. The number of benzene rings is 1. The number of carbonyl (C=O) groups is 1. The van der Waals surface area contributed by atoms with Crippen LogP contribution in [0.2, 0.25) is 0 Å². The van der Waals surface area contributed by atoms with Gasteiger partial charge in [0.2, 0.25) is 5.78 Å². The minimum Gasteiger partial charge on any atom is -0.394 e. The van der Waals surface area contributed by atoms with E-state index < -0.39 is 5.82 Å². The van der Waals surface area contributed by atoms with Crippen LogP contribution in [0.5, 0.6) is 0 Å². The molecular weight excluding hydrogens is 273 g/mol. The van der Waals surface area contributed by atoms with Crippen LogP contribution in [-0.4, -0.2) is 34.7 Å². The zero-order valence-corrected chi connectivity index (χ0v) is 11.2. The van der Waals surface area contributed by atoms with E-state index in [0.717, 1.165) is 0 Å². The van der Waals surface area contributed by atoms with E-state index in [1.54, 1.807) is 24.5 Å². The van der Waals surface area contributed by atoms with Gasteiger partial charge in [0.05, 0.1) is 13.2 Å². The van der Waals surface area contributed by atoms with E-state index in [1.807, 2.05) is 0 Å². The second-order valence-corrected chi connectivity index (χ2v) is 4.16. The molecule has 21 heavy (non-hydrogen) atoms. The Balaban J connectivity index is 2.33. The van der Waals surface area contributed by atoms with Crippen LogP contribution in [0.3, 0.4) is 0 Å². The number of aromatic nitrogens is 1. The number of hydrazone groups is 1. The Morgan fingerprint density at radius 2 is 1.81 bits per heavy atom. The highest BCUT2D eigenvalue weighted by Gasteiger charge is 2.16. The summed E-state index contributed by atoms with van der Waals surface area (Å²) >= 11 is 0. The normalized spacial score (nSPS) is 11.2. The number of aliphatic hydroxyl groups excluding tert-OH is 1. The van der Waals surface area contributed by atoms with Crippen LogP contribution >= 0.6 is 0 Å². The van der Waals surface area contributed by atoms with E-state index in [1.165, 1.54) is 24.3 Å². The number of nitrogens with zero attached hydrogens (tertiary/aromatic N) is 2. The van der Waals surface area contributed by atoms with E-state index in [9.17, 15) is 9.18 Å². The third kappa shape index (κ3) is 3.93. The molecule has 0 spiro atoms. The van der Waals surface area contributed by atoms with E-state index in [-0.39, 0.29) is 24.6 Å². The van der Waals surface area contributed by atoms with Crippen LogP contribution < -0.4 is 5.43 Å². The zero-order chi connectivity index (χ0) is 15.1. The second kappa shape index (κ2) is 7.25. The second-order valence-electron chi connectivity index (χ2n) is 4.16. The fourth-order valence-electron chi connectivity index (χ4n) is 1.68. The topological polar surface area (TPSA) is 74.6 Å². The van der Waals surface area contributed by atoms with Crippen molar-refractivity contribution < 1.29 is 14.3 Å². The minimum atomic E-state index is -0.410. The summed E-state index contributed by atoms with van der Waals surface area (Å²) in [5.41, 5.74) is 3.72. The number of aliphatic hydroxyl groups is 1. The molecule has 0 aliphatic carbocycles. The van der Waals surface area contributed by atoms with Gasteiger partial charge in [0.1, 0.15) is 11.5 Å². The number of carbonyl (C=O) groups excluding carboxylic acids is 1. The Hall–Kier alpha value is -2.60. The SMILES string of the molecule is O=C(/C(=N\NCCO)c1ccncc1)c1ccc(F)cc1. The van der Waals surface area contributed by atoms with Crippen molar-refractivity contribution in [2.75, 3.05) is 13.2 Å². The fourth-order valence-corrected chi connectivity index (χ4v) is 1.68. The molecule has 0 fully saturated rings. The van der Waals surface area contributed by atoms with E-state index in [0.29, 0.717) is 11.1 Å². The number of pyridine rings is 1. The molecule has 1 aromatic heterocycles. The van der Waals surface area contributed by atoms with Crippen LogP contribution in [0.4, 0.5) is 4.39 Å². The summed E-state index contributed by atoms with van der Waals surface area (Å²) < 4.78 is 12.9. The first-order chi connectivity index (χ1) is 10.2. The molecule has 0 aliphatic rings. The minimum absolute atomic E-state index is 0.0993. The Kier molecular flexibility index (Phi) is 5.11. The maximum atomic E-state index is 12.9. The monoisotopic (exact) mass is 287 g/mol. The van der Waals surface area contributed by atoms with E-state index in [2.05, 4.69) is 15.5 Å². The zero-order valence-electron chi connectivity index (χ0n) is 11.2. The molecule has 6 heteroatoms. The van der Waals surface area contributed by atoms with E-state index in [4.69, 9.17) is 5.11 Å². The van der Waals surface area contributed by atoms with Crippen molar-refractivity contribution in [3.63, 3.8) is 0 Å². The Bertz CT molecular complexity index is 627. The van der Waals surface area contributed by atoms with Gasteiger partial charge in [-0.1, -0.05) is 0 Å². The highest BCUT2D eigenvalue weighted by atomic mass is 19.1. The molecule has 108 valence electrons. The van der Waals surface area contributed by atoms with Crippen LogP contribution in [0.15, 0.2) is 53.9 Å². The summed E-state index contributed by atoms with van der Waals surface area (Å²) in [5.74, 6) is -0.751. The molecule has 2 aromatic rings. The van der Waals surface area contributed by atoms with Gasteiger partial charge < -0.3 is 10.5 Å². The lowest BCUT2D eigenvalue weighted by molar-refractivity contribution is 0.106. The van der Waals surface area contributed by atoms with Gasteiger partial charge in [-0.05, 0) is 36.4 Å². The lowest BCUT2D eigenvalue weighted by Crippen LogP contribution is -2.22. The van der Waals surface area contributed by atoms with Gasteiger partial charge in [0, 0.05) is 23.5 Å². The van der Waals surface area contributed by atoms with Crippen LogP contribution in [0, 0.1) is 5.82 Å². The molecule has 0 unspecified atom stereocenters. The van der Waals surface area contributed by atoms with Crippen molar-refractivity contribution >= 4 is 11.5 Å². The Morgan fingerprint density at radius 3 is 2.43 bits per heavy atom. The number of ketones is 1. The number of hydrogen-bond acceptors (Lipinski definition) is 5. The molecule has 0 radical (unpaired) electrons. The standard InChI is InChI=1S/C15H14FN3O2/c16-13-3-1-12(2-4-13)15(21)14(19-18-9-10-20)11-5-7-17-8-6-11/h1-8,18,20H,9-10H2/b19-14-. The predicted molar refractivity (Wildman–Crippen MR) is 76.6 cm³/mol. The highest BCUT2D eigenvalue weighted by Crippen LogP contribution is 2.09. The summed E-state index contributed by atoms with van der Waals surface area (Å²) in [6, 6.07) is 8.56. The van der Waals surface area contributed by atoms with Crippen molar-refractivity contribution in [2.45, 2.75) is 0 Å². The number of rotatable bonds is 6. The fraction of sp³-hybridized carbons (Fsp3) is 0.133. The van der Waals surface area contributed by atoms with Crippen molar-refractivity contribution in [1.29, 1.82) is 0 Å². The number of Topliss-reactive ketones (excluding diaryl/α,β-unsaturated/α-hetero) is 1. The maximum absolute atomic E-state index is 12.9. The average Bonchev–Trinajstić information content (AvgIpc) is 2.53.